The van der Waals surface area contributed by atoms with Gasteiger partial charge < -0.3 is 38.7 Å². The molecule has 4 aromatic rings. The Morgan fingerprint density at radius 1 is 0.775 bits per heavy atom. The number of benzene rings is 2. The summed E-state index contributed by atoms with van der Waals surface area (Å²) in [6.45, 7) is 2.57. The lowest BCUT2D eigenvalue weighted by Gasteiger charge is -2.39. The molecule has 0 spiro atoms. The number of carbonyl (C=O) groups is 1. The number of H-pyrrole nitrogens is 2. The molecule has 2 fully saturated rings. The van der Waals surface area contributed by atoms with E-state index in [4.69, 9.17) is 18.9 Å². The number of hydrogen-bond acceptors (Lipinski definition) is 7. The molecule has 0 radical (unpaired) electrons. The Kier molecular flexibility index (Phi) is 7.55. The second-order valence-electron chi connectivity index (χ2n) is 11.3. The van der Waals surface area contributed by atoms with Crippen LogP contribution in [0.15, 0.2) is 48.8 Å². The molecular weight excluding hydrogens is 508 g/mol. The number of ether oxygens (including phenoxy) is 4. The van der Waals surface area contributed by atoms with E-state index in [-0.39, 0.29) is 12.2 Å². The van der Waals surface area contributed by atoms with E-state index in [9.17, 15) is 4.79 Å². The molecule has 2 aliphatic heterocycles. The van der Waals surface area contributed by atoms with E-state index in [0.29, 0.717) is 13.2 Å². The summed E-state index contributed by atoms with van der Waals surface area (Å²) in [5, 5.41) is 2.29. The number of nitrogens with zero attached hydrogens (tertiary/aromatic N) is 2. The molecule has 2 saturated heterocycles. The maximum Gasteiger partial charge on any atom is 0.509 e. The van der Waals surface area contributed by atoms with E-state index in [1.165, 1.54) is 11.1 Å². The largest absolute Gasteiger partial charge is 0.509 e. The summed E-state index contributed by atoms with van der Waals surface area (Å²) in [4.78, 5) is 24.0. The van der Waals surface area contributed by atoms with Crippen LogP contribution >= 0.6 is 0 Å². The molecule has 2 N–H and O–H groups in total. The van der Waals surface area contributed by atoms with Crippen LogP contribution in [0.25, 0.3) is 21.8 Å². The molecule has 0 saturated carbocycles. The highest BCUT2D eigenvalue weighted by atomic mass is 16.8. The van der Waals surface area contributed by atoms with E-state index in [0.717, 1.165) is 58.9 Å². The van der Waals surface area contributed by atoms with Crippen LogP contribution in [0.1, 0.15) is 34.5 Å². The Labute approximate surface area is 234 Å². The van der Waals surface area contributed by atoms with Gasteiger partial charge in [-0.15, -0.1) is 0 Å². The maximum atomic E-state index is 12.9. The summed E-state index contributed by atoms with van der Waals surface area (Å²) in [5.74, 6) is 0. The SMILES string of the molecule is CN(C)CCc1c[nH]c2cccc(C3OCC3OC(=O)OC3COC3c3cccc4[nH]cc(CCN(C)C)c34)c12. The summed E-state index contributed by atoms with van der Waals surface area (Å²) < 4.78 is 23.4. The Balaban J connectivity index is 1.13. The smallest absolute Gasteiger partial charge is 0.425 e. The van der Waals surface area contributed by atoms with Crippen molar-refractivity contribution in [3.8, 4) is 0 Å². The molecule has 4 heterocycles. The molecular formula is C31H38N4O5. The Hall–Kier alpha value is -3.37. The molecule has 2 aliphatic rings. The average Bonchev–Trinajstić information content (AvgIpc) is 3.52. The topological polar surface area (TPSA) is 92.0 Å². The highest BCUT2D eigenvalue weighted by Gasteiger charge is 2.42. The van der Waals surface area contributed by atoms with Crippen molar-refractivity contribution in [1.29, 1.82) is 0 Å². The molecule has 9 heteroatoms. The van der Waals surface area contributed by atoms with E-state index < -0.39 is 18.4 Å². The predicted molar refractivity (Wildman–Crippen MR) is 154 cm³/mol. The minimum Gasteiger partial charge on any atom is -0.425 e. The van der Waals surface area contributed by atoms with Gasteiger partial charge >= 0.3 is 6.16 Å². The maximum absolute atomic E-state index is 12.9. The molecule has 4 atom stereocenters. The number of aromatic amines is 2. The molecule has 212 valence electrons. The molecule has 2 aromatic heterocycles. The highest BCUT2D eigenvalue weighted by Crippen LogP contribution is 2.40. The lowest BCUT2D eigenvalue weighted by atomic mass is 9.94. The zero-order valence-corrected chi connectivity index (χ0v) is 23.6. The number of hydrogen-bond donors (Lipinski definition) is 2. The Morgan fingerprint density at radius 2 is 1.23 bits per heavy atom. The van der Waals surface area contributed by atoms with Crippen LogP contribution in [0.3, 0.4) is 0 Å². The average molecular weight is 547 g/mol. The first kappa shape index (κ1) is 26.8. The predicted octanol–water partition coefficient (Wildman–Crippen LogP) is 4.59. The fourth-order valence-corrected chi connectivity index (χ4v) is 5.72. The number of aromatic nitrogens is 2. The van der Waals surface area contributed by atoms with Crippen LogP contribution in [0.2, 0.25) is 0 Å². The van der Waals surface area contributed by atoms with Crippen LogP contribution in [0.4, 0.5) is 4.79 Å². The first-order valence-electron chi connectivity index (χ1n) is 14.0. The van der Waals surface area contributed by atoms with E-state index in [1.807, 2.05) is 12.1 Å². The molecule has 9 nitrogen and oxygen atoms in total. The van der Waals surface area contributed by atoms with E-state index in [1.54, 1.807) is 0 Å². The van der Waals surface area contributed by atoms with Gasteiger partial charge in [-0.25, -0.2) is 4.79 Å². The van der Waals surface area contributed by atoms with Crippen LogP contribution in [0, 0.1) is 0 Å². The van der Waals surface area contributed by atoms with E-state index in [2.05, 4.69) is 84.6 Å². The van der Waals surface area contributed by atoms with Crippen molar-refractivity contribution in [3.63, 3.8) is 0 Å². The number of carbonyl (C=O) groups excluding carboxylic acids is 1. The minimum atomic E-state index is -0.681. The monoisotopic (exact) mass is 546 g/mol. The van der Waals surface area contributed by atoms with Gasteiger partial charge in [0.2, 0.25) is 0 Å². The summed E-state index contributed by atoms with van der Waals surface area (Å²) in [5.41, 5.74) is 6.64. The van der Waals surface area contributed by atoms with Gasteiger partial charge in [0.05, 0.1) is 13.2 Å². The third-order valence-electron chi connectivity index (χ3n) is 7.96. The molecule has 4 unspecified atom stereocenters. The van der Waals surface area contributed by atoms with Gasteiger partial charge in [-0.2, -0.15) is 0 Å². The van der Waals surface area contributed by atoms with Gasteiger partial charge in [0.25, 0.3) is 0 Å². The number of nitrogens with one attached hydrogen (secondary N) is 2. The van der Waals surface area contributed by atoms with Crippen molar-refractivity contribution in [2.24, 2.45) is 0 Å². The van der Waals surface area contributed by atoms with Crippen LogP contribution in [0.5, 0.6) is 0 Å². The van der Waals surface area contributed by atoms with Crippen molar-refractivity contribution >= 4 is 28.0 Å². The quantitative estimate of drug-likeness (QED) is 0.281. The van der Waals surface area contributed by atoms with Gasteiger partial charge in [0, 0.05) is 47.3 Å². The number of fused-ring (bicyclic) bond motifs is 2. The summed E-state index contributed by atoms with van der Waals surface area (Å²) >= 11 is 0. The third-order valence-corrected chi connectivity index (χ3v) is 7.96. The fraction of sp³-hybridized carbons (Fsp3) is 0.452. The van der Waals surface area contributed by atoms with Gasteiger partial charge in [-0.1, -0.05) is 24.3 Å². The summed E-state index contributed by atoms with van der Waals surface area (Å²) in [6.07, 6.45) is 3.82. The first-order chi connectivity index (χ1) is 19.4. The molecule has 2 aromatic carbocycles. The fourth-order valence-electron chi connectivity index (χ4n) is 5.72. The Morgan fingerprint density at radius 3 is 1.60 bits per heavy atom. The number of likely N-dealkylation sites (N-methyl/N-ethyl adjacent to an activating group) is 2. The zero-order valence-electron chi connectivity index (χ0n) is 23.6. The molecule has 0 amide bonds. The summed E-state index contributed by atoms with van der Waals surface area (Å²) in [7, 11) is 8.28. The van der Waals surface area contributed by atoms with Crippen molar-refractivity contribution in [2.45, 2.75) is 37.3 Å². The van der Waals surface area contributed by atoms with Crippen LogP contribution in [-0.4, -0.2) is 92.6 Å². The van der Waals surface area contributed by atoms with Crippen molar-refractivity contribution in [3.05, 3.63) is 71.0 Å². The molecule has 40 heavy (non-hydrogen) atoms. The number of rotatable bonds is 10. The van der Waals surface area contributed by atoms with Gasteiger partial charge in [-0.3, -0.25) is 0 Å². The van der Waals surface area contributed by atoms with Gasteiger partial charge in [-0.05, 0) is 75.4 Å². The normalized spacial score (nSPS) is 22.6. The molecule has 0 aliphatic carbocycles. The van der Waals surface area contributed by atoms with Crippen molar-refractivity contribution < 1.29 is 23.7 Å². The van der Waals surface area contributed by atoms with Crippen LogP contribution in [-0.2, 0) is 31.8 Å². The minimum absolute atomic E-state index is 0.327. The second kappa shape index (κ2) is 11.2. The Bertz CT molecular complexity index is 1380. The lowest BCUT2D eigenvalue weighted by molar-refractivity contribution is -0.204. The van der Waals surface area contributed by atoms with Gasteiger partial charge in [0.1, 0.15) is 12.2 Å². The third kappa shape index (κ3) is 5.22. The lowest BCUT2D eigenvalue weighted by Crippen LogP contribution is -2.45. The zero-order chi connectivity index (χ0) is 27.8. The molecule has 6 rings (SSSR count). The van der Waals surface area contributed by atoms with Gasteiger partial charge in [0.15, 0.2) is 12.2 Å². The van der Waals surface area contributed by atoms with Crippen LogP contribution < -0.4 is 0 Å². The van der Waals surface area contributed by atoms with Crippen molar-refractivity contribution in [1.82, 2.24) is 19.8 Å². The molecule has 0 bridgehead atoms. The van der Waals surface area contributed by atoms with Crippen molar-refractivity contribution in [2.75, 3.05) is 54.5 Å². The second-order valence-corrected chi connectivity index (χ2v) is 11.3. The first-order valence-corrected chi connectivity index (χ1v) is 14.0. The highest BCUT2D eigenvalue weighted by molar-refractivity contribution is 5.88. The summed E-state index contributed by atoms with van der Waals surface area (Å²) in [6, 6.07) is 12.3. The standard InChI is InChI=1S/C31H38N4O5/c1-34(2)13-11-19-15-32-23-9-5-7-21(27(19)23)29-25(17-37-29)39-31(36)40-26-18-38-30(26)22-8-6-10-24-28(22)20(16-33-24)12-14-35(3)4/h5-10,15-16,25-26,29-30,32-33H,11-14,17-18H2,1-4H3. The van der Waals surface area contributed by atoms with E-state index >= 15 is 0 Å².